The van der Waals surface area contributed by atoms with Crippen molar-refractivity contribution in [1.82, 2.24) is 5.32 Å². The number of rotatable bonds is 3. The van der Waals surface area contributed by atoms with Crippen LogP contribution in [-0.2, 0) is 9.59 Å². The van der Waals surface area contributed by atoms with Gasteiger partial charge in [0.15, 0.2) is 0 Å². The first-order valence-corrected chi connectivity index (χ1v) is 9.60. The number of nitrogens with zero attached hydrogens (tertiary/aromatic N) is 1. The van der Waals surface area contributed by atoms with E-state index >= 15 is 0 Å². The second-order valence-electron chi connectivity index (χ2n) is 8.59. The molecule has 4 saturated carbocycles. The van der Waals surface area contributed by atoms with Gasteiger partial charge in [-0.15, -0.1) is 0 Å². The molecule has 5 rings (SSSR count). The summed E-state index contributed by atoms with van der Waals surface area (Å²) in [5, 5.41) is 14.6. The highest BCUT2D eigenvalue weighted by molar-refractivity contribution is 6.39. The molecule has 4 aliphatic carbocycles. The molecule has 2 N–H and O–H groups in total. The van der Waals surface area contributed by atoms with Gasteiger partial charge in [-0.2, -0.15) is 5.26 Å². The molecule has 1 aromatic carbocycles. The van der Waals surface area contributed by atoms with Gasteiger partial charge in [0.05, 0.1) is 11.3 Å². The molecule has 0 saturated heterocycles. The first-order chi connectivity index (χ1) is 12.5. The number of carbonyl (C=O) groups excluding carboxylic acids is 2. The number of nitrogens with one attached hydrogen (secondary N) is 2. The first-order valence-electron chi connectivity index (χ1n) is 9.60. The Morgan fingerprint density at radius 3 is 2.23 bits per heavy atom. The van der Waals surface area contributed by atoms with Crippen molar-refractivity contribution in [2.75, 3.05) is 5.32 Å². The van der Waals surface area contributed by atoms with Gasteiger partial charge in [-0.05, 0) is 80.8 Å². The van der Waals surface area contributed by atoms with E-state index < -0.39 is 11.8 Å². The monoisotopic (exact) mass is 351 g/mol. The lowest BCUT2D eigenvalue weighted by Gasteiger charge is -2.59. The molecule has 1 aromatic rings. The molecule has 26 heavy (non-hydrogen) atoms. The summed E-state index contributed by atoms with van der Waals surface area (Å²) in [6.45, 7) is 2.06. The molecular formula is C21H25N3O2. The third-order valence-electron chi connectivity index (χ3n) is 6.85. The van der Waals surface area contributed by atoms with Crippen LogP contribution in [0.5, 0.6) is 0 Å². The van der Waals surface area contributed by atoms with E-state index in [4.69, 9.17) is 5.26 Å². The van der Waals surface area contributed by atoms with Gasteiger partial charge in [-0.1, -0.05) is 12.1 Å². The molecule has 5 heteroatoms. The van der Waals surface area contributed by atoms with E-state index in [1.807, 2.05) is 6.07 Å². The van der Waals surface area contributed by atoms with Gasteiger partial charge >= 0.3 is 11.8 Å². The van der Waals surface area contributed by atoms with Crippen molar-refractivity contribution in [1.29, 1.82) is 5.26 Å². The third-order valence-corrected chi connectivity index (χ3v) is 6.85. The van der Waals surface area contributed by atoms with Crippen LogP contribution < -0.4 is 10.6 Å². The van der Waals surface area contributed by atoms with Crippen LogP contribution >= 0.6 is 0 Å². The lowest BCUT2D eigenvalue weighted by Crippen LogP contribution is -2.57. The fraction of sp³-hybridized carbons (Fsp3) is 0.571. The van der Waals surface area contributed by atoms with Gasteiger partial charge in [0.2, 0.25) is 0 Å². The van der Waals surface area contributed by atoms with E-state index in [-0.39, 0.29) is 11.5 Å². The molecular weight excluding hydrogens is 326 g/mol. The zero-order chi connectivity index (χ0) is 18.3. The van der Waals surface area contributed by atoms with Crippen LogP contribution in [0.15, 0.2) is 24.3 Å². The smallest absolute Gasteiger partial charge is 0.313 e. The fourth-order valence-corrected chi connectivity index (χ4v) is 5.99. The number of amides is 2. The van der Waals surface area contributed by atoms with Gasteiger partial charge in [-0.3, -0.25) is 9.59 Å². The third kappa shape index (κ3) is 2.98. The second kappa shape index (κ2) is 6.42. The predicted octanol–water partition coefficient (Wildman–Crippen LogP) is 3.22. The maximum Gasteiger partial charge on any atom is 0.313 e. The maximum absolute atomic E-state index is 12.4. The Bertz CT molecular complexity index is 744. The summed E-state index contributed by atoms with van der Waals surface area (Å²) in [6.07, 6.45) is 7.60. The zero-order valence-corrected chi connectivity index (χ0v) is 15.1. The van der Waals surface area contributed by atoms with Crippen LogP contribution in [0.2, 0.25) is 0 Å². The van der Waals surface area contributed by atoms with Crippen molar-refractivity contribution in [3.05, 3.63) is 29.8 Å². The lowest BCUT2D eigenvalue weighted by molar-refractivity contribution is -0.138. The van der Waals surface area contributed by atoms with Crippen LogP contribution in [0.25, 0.3) is 0 Å². The molecule has 4 aliphatic rings. The average Bonchev–Trinajstić information content (AvgIpc) is 2.61. The molecule has 2 amide bonds. The molecule has 0 aliphatic heterocycles. The first kappa shape index (κ1) is 17.1. The highest BCUT2D eigenvalue weighted by Crippen LogP contribution is 2.61. The standard InChI is InChI=1S/C21H25N3O2/c1-13(21-9-14-6-15(10-21)8-16(7-14)11-21)23-19(25)20(26)24-18-5-3-2-4-17(18)12-22/h2-5,13-16H,6-11H2,1H3,(H,23,25)(H,24,26). The maximum atomic E-state index is 12.4. The number of carbonyl (C=O) groups is 2. The van der Waals surface area contributed by atoms with Crippen molar-refractivity contribution >= 4 is 17.5 Å². The summed E-state index contributed by atoms with van der Waals surface area (Å²) in [7, 11) is 0. The van der Waals surface area contributed by atoms with Gasteiger partial charge in [0.1, 0.15) is 6.07 Å². The van der Waals surface area contributed by atoms with Gasteiger partial charge in [-0.25, -0.2) is 0 Å². The Kier molecular flexibility index (Phi) is 4.22. The van der Waals surface area contributed by atoms with Crippen LogP contribution in [0.3, 0.4) is 0 Å². The molecule has 136 valence electrons. The molecule has 5 nitrogen and oxygen atoms in total. The van der Waals surface area contributed by atoms with Gasteiger partial charge in [0.25, 0.3) is 0 Å². The molecule has 0 radical (unpaired) electrons. The largest absolute Gasteiger partial charge is 0.345 e. The summed E-state index contributed by atoms with van der Waals surface area (Å²) in [5.41, 5.74) is 0.885. The fourth-order valence-electron chi connectivity index (χ4n) is 5.99. The number of benzene rings is 1. The summed E-state index contributed by atoms with van der Waals surface area (Å²) in [5.74, 6) is 1.09. The van der Waals surface area contributed by atoms with E-state index in [1.165, 1.54) is 38.5 Å². The van der Waals surface area contributed by atoms with E-state index in [0.717, 1.165) is 17.8 Å². The highest BCUT2D eigenvalue weighted by Gasteiger charge is 2.53. The predicted molar refractivity (Wildman–Crippen MR) is 98.0 cm³/mol. The topological polar surface area (TPSA) is 82.0 Å². The molecule has 0 aromatic heterocycles. The average molecular weight is 351 g/mol. The van der Waals surface area contributed by atoms with E-state index in [2.05, 4.69) is 17.6 Å². The molecule has 1 atom stereocenters. The van der Waals surface area contributed by atoms with E-state index in [1.54, 1.807) is 24.3 Å². The van der Waals surface area contributed by atoms with Crippen molar-refractivity contribution in [3.8, 4) is 6.07 Å². The Labute approximate surface area is 154 Å². The minimum absolute atomic E-state index is 0.000334. The van der Waals surface area contributed by atoms with Crippen LogP contribution in [0.1, 0.15) is 51.0 Å². The normalized spacial score (nSPS) is 32.5. The quantitative estimate of drug-likeness (QED) is 0.820. The Morgan fingerprint density at radius 1 is 1.08 bits per heavy atom. The minimum Gasteiger partial charge on any atom is -0.345 e. The number of para-hydroxylation sites is 1. The molecule has 0 spiro atoms. The van der Waals surface area contributed by atoms with Crippen LogP contribution in [0.4, 0.5) is 5.69 Å². The summed E-state index contributed by atoms with van der Waals surface area (Å²) < 4.78 is 0. The van der Waals surface area contributed by atoms with Crippen molar-refractivity contribution in [3.63, 3.8) is 0 Å². The van der Waals surface area contributed by atoms with Crippen molar-refractivity contribution < 1.29 is 9.59 Å². The van der Waals surface area contributed by atoms with Crippen molar-refractivity contribution in [2.24, 2.45) is 23.2 Å². The number of anilines is 1. The Morgan fingerprint density at radius 2 is 1.65 bits per heavy atom. The molecule has 4 fully saturated rings. The number of hydrogen-bond donors (Lipinski definition) is 2. The Balaban J connectivity index is 1.41. The van der Waals surface area contributed by atoms with Crippen LogP contribution in [-0.4, -0.2) is 17.9 Å². The number of nitriles is 1. The lowest BCUT2D eigenvalue weighted by atomic mass is 9.48. The zero-order valence-electron chi connectivity index (χ0n) is 15.1. The second-order valence-corrected chi connectivity index (χ2v) is 8.59. The van der Waals surface area contributed by atoms with Crippen molar-refractivity contribution in [2.45, 2.75) is 51.5 Å². The highest BCUT2D eigenvalue weighted by atomic mass is 16.2. The Hall–Kier alpha value is -2.35. The summed E-state index contributed by atoms with van der Waals surface area (Å²) in [4.78, 5) is 24.8. The summed E-state index contributed by atoms with van der Waals surface area (Å²) >= 11 is 0. The van der Waals surface area contributed by atoms with E-state index in [0.29, 0.717) is 11.3 Å². The molecule has 0 heterocycles. The minimum atomic E-state index is -0.704. The number of hydrogen-bond acceptors (Lipinski definition) is 3. The summed E-state index contributed by atoms with van der Waals surface area (Å²) in [6, 6.07) is 8.73. The SMILES string of the molecule is CC(NC(=O)C(=O)Nc1ccccc1C#N)C12CC3CC(CC(C3)C1)C2. The molecule has 1 unspecified atom stereocenters. The molecule has 4 bridgehead atoms. The van der Waals surface area contributed by atoms with Crippen LogP contribution in [0, 0.1) is 34.5 Å². The van der Waals surface area contributed by atoms with E-state index in [9.17, 15) is 9.59 Å². The van der Waals surface area contributed by atoms with Gasteiger partial charge in [0, 0.05) is 6.04 Å². The van der Waals surface area contributed by atoms with Gasteiger partial charge < -0.3 is 10.6 Å².